The van der Waals surface area contributed by atoms with Gasteiger partial charge in [-0.1, -0.05) is 37.6 Å². The minimum atomic E-state index is -0.266. The summed E-state index contributed by atoms with van der Waals surface area (Å²) in [4.78, 5) is 4.38. The highest BCUT2D eigenvalue weighted by molar-refractivity contribution is 14.0. The fourth-order valence-corrected chi connectivity index (χ4v) is 2.46. The second-order valence-electron chi connectivity index (χ2n) is 6.07. The van der Waals surface area contributed by atoms with E-state index in [2.05, 4.69) is 10.3 Å². The van der Waals surface area contributed by atoms with Gasteiger partial charge in [-0.3, -0.25) is 4.99 Å². The van der Waals surface area contributed by atoms with E-state index in [-0.39, 0.29) is 41.2 Å². The lowest BCUT2D eigenvalue weighted by molar-refractivity contribution is 0.415. The van der Waals surface area contributed by atoms with Gasteiger partial charge >= 0.3 is 0 Å². The van der Waals surface area contributed by atoms with E-state index < -0.39 is 0 Å². The molecule has 0 aliphatic heterocycles. The van der Waals surface area contributed by atoms with Crippen molar-refractivity contribution in [1.82, 2.24) is 0 Å². The molecule has 0 aromatic heterocycles. The Bertz CT molecular complexity index is 736. The Morgan fingerprint density at radius 2 is 1.88 bits per heavy atom. The number of nitrogens with two attached hydrogens (primary N) is 1. The van der Waals surface area contributed by atoms with E-state index in [1.165, 1.54) is 12.1 Å². The molecule has 0 fully saturated rings. The molecule has 0 bridgehead atoms. The number of rotatable bonds is 5. The molecular weight excluding hydrogens is 456 g/mol. The highest BCUT2D eigenvalue weighted by Crippen LogP contribution is 2.27. The molecule has 3 N–H and O–H groups in total. The van der Waals surface area contributed by atoms with Gasteiger partial charge in [-0.05, 0) is 35.9 Å². The van der Waals surface area contributed by atoms with Crippen LogP contribution in [0, 0.1) is 5.82 Å². The van der Waals surface area contributed by atoms with Crippen molar-refractivity contribution in [2.24, 2.45) is 10.7 Å². The number of hydrogen-bond acceptors (Lipinski definition) is 2. The Morgan fingerprint density at radius 3 is 2.44 bits per heavy atom. The molecule has 0 aliphatic rings. The van der Waals surface area contributed by atoms with Gasteiger partial charge in [-0.2, -0.15) is 0 Å². The molecule has 0 radical (unpaired) electrons. The van der Waals surface area contributed by atoms with Gasteiger partial charge in [0.15, 0.2) is 5.96 Å². The van der Waals surface area contributed by atoms with Gasteiger partial charge in [-0.15, -0.1) is 24.0 Å². The largest absolute Gasteiger partial charge is 0.495 e. The maximum Gasteiger partial charge on any atom is 0.193 e. The number of nitrogens with one attached hydrogen (secondary N) is 1. The molecule has 0 aliphatic carbocycles. The van der Waals surface area contributed by atoms with Crippen LogP contribution in [0.2, 0.25) is 5.02 Å². The minimum Gasteiger partial charge on any atom is -0.495 e. The predicted molar refractivity (Wildman–Crippen MR) is 113 cm³/mol. The van der Waals surface area contributed by atoms with E-state index in [9.17, 15) is 4.39 Å². The zero-order valence-corrected chi connectivity index (χ0v) is 17.4. The normalized spacial score (nSPS) is 11.6. The second kappa shape index (κ2) is 9.24. The smallest absolute Gasteiger partial charge is 0.193 e. The van der Waals surface area contributed by atoms with Crippen LogP contribution >= 0.6 is 35.6 Å². The SMILES string of the molecule is COc1ccc(NC(N)=NCC(C)(C)c2ccc(F)cc2)cc1Cl.I. The summed E-state index contributed by atoms with van der Waals surface area (Å²) < 4.78 is 18.1. The third kappa shape index (κ3) is 6.04. The number of nitrogens with zero attached hydrogens (tertiary/aromatic N) is 1. The Hall–Kier alpha value is -1.54. The van der Waals surface area contributed by atoms with Crippen molar-refractivity contribution >= 4 is 47.2 Å². The van der Waals surface area contributed by atoms with Gasteiger partial charge in [0, 0.05) is 11.1 Å². The summed E-state index contributed by atoms with van der Waals surface area (Å²) in [6.07, 6.45) is 0. The lowest BCUT2D eigenvalue weighted by Crippen LogP contribution is -2.27. The van der Waals surface area contributed by atoms with Crippen LogP contribution in [0.3, 0.4) is 0 Å². The lowest BCUT2D eigenvalue weighted by atomic mass is 9.85. The van der Waals surface area contributed by atoms with Gasteiger partial charge in [0.2, 0.25) is 0 Å². The summed E-state index contributed by atoms with van der Waals surface area (Å²) >= 11 is 6.08. The Kier molecular flexibility index (Phi) is 7.95. The molecule has 0 unspecified atom stereocenters. The Labute approximate surface area is 169 Å². The van der Waals surface area contributed by atoms with Crippen LogP contribution in [0.15, 0.2) is 47.5 Å². The maximum absolute atomic E-state index is 13.0. The first-order chi connectivity index (χ1) is 11.3. The number of ether oxygens (including phenoxy) is 1. The Balaban J connectivity index is 0.00000312. The van der Waals surface area contributed by atoms with E-state index >= 15 is 0 Å². The third-order valence-electron chi connectivity index (χ3n) is 3.69. The molecule has 4 nitrogen and oxygen atoms in total. The van der Waals surface area contributed by atoms with Crippen molar-refractivity contribution in [3.05, 3.63) is 58.9 Å². The molecule has 0 spiro atoms. The number of methoxy groups -OCH3 is 1. The number of hydrogen-bond donors (Lipinski definition) is 2. The van der Waals surface area contributed by atoms with Crippen molar-refractivity contribution in [2.75, 3.05) is 19.0 Å². The van der Waals surface area contributed by atoms with Crippen LogP contribution in [0.25, 0.3) is 0 Å². The van der Waals surface area contributed by atoms with Gasteiger partial charge < -0.3 is 15.8 Å². The zero-order valence-electron chi connectivity index (χ0n) is 14.3. The summed E-state index contributed by atoms with van der Waals surface area (Å²) in [5.74, 6) is 0.622. The van der Waals surface area contributed by atoms with Crippen molar-refractivity contribution in [3.8, 4) is 5.75 Å². The average molecular weight is 478 g/mol. The molecule has 2 aromatic rings. The van der Waals surface area contributed by atoms with Gasteiger partial charge in [0.25, 0.3) is 0 Å². The van der Waals surface area contributed by atoms with Crippen LogP contribution in [0.5, 0.6) is 5.75 Å². The zero-order chi connectivity index (χ0) is 17.7. The second-order valence-corrected chi connectivity index (χ2v) is 6.47. The van der Waals surface area contributed by atoms with Crippen molar-refractivity contribution in [3.63, 3.8) is 0 Å². The number of guanidine groups is 1. The summed E-state index contributed by atoms with van der Waals surface area (Å²) in [6.45, 7) is 4.52. The molecule has 0 saturated carbocycles. The number of aliphatic imine (C=N–C) groups is 1. The molecule has 0 heterocycles. The first-order valence-electron chi connectivity index (χ1n) is 7.48. The fourth-order valence-electron chi connectivity index (χ4n) is 2.21. The first-order valence-corrected chi connectivity index (χ1v) is 7.86. The monoisotopic (exact) mass is 477 g/mol. The molecule has 0 saturated heterocycles. The first kappa shape index (κ1) is 21.5. The summed E-state index contributed by atoms with van der Waals surface area (Å²) in [7, 11) is 1.56. The van der Waals surface area contributed by atoms with Gasteiger partial charge in [-0.25, -0.2) is 4.39 Å². The van der Waals surface area contributed by atoms with E-state index in [1.807, 2.05) is 13.8 Å². The van der Waals surface area contributed by atoms with Crippen LogP contribution in [-0.2, 0) is 5.41 Å². The van der Waals surface area contributed by atoms with E-state index in [0.29, 0.717) is 17.3 Å². The topological polar surface area (TPSA) is 59.6 Å². The molecule has 2 aromatic carbocycles. The van der Waals surface area contributed by atoms with Crippen molar-refractivity contribution < 1.29 is 9.13 Å². The molecule has 136 valence electrons. The summed E-state index contributed by atoms with van der Waals surface area (Å²) in [5.41, 5.74) is 7.39. The van der Waals surface area contributed by atoms with E-state index in [4.69, 9.17) is 22.1 Å². The summed E-state index contributed by atoms with van der Waals surface area (Å²) in [5, 5.41) is 3.48. The summed E-state index contributed by atoms with van der Waals surface area (Å²) in [6, 6.07) is 11.7. The van der Waals surface area contributed by atoms with E-state index in [1.54, 1.807) is 37.4 Å². The molecule has 2 rings (SSSR count). The number of halogens is 3. The molecular formula is C18H22ClFIN3O. The minimum absolute atomic E-state index is 0. The molecule has 7 heteroatoms. The van der Waals surface area contributed by atoms with Crippen LogP contribution in [-0.4, -0.2) is 19.6 Å². The van der Waals surface area contributed by atoms with Gasteiger partial charge in [0.05, 0.1) is 18.7 Å². The van der Waals surface area contributed by atoms with Gasteiger partial charge in [0.1, 0.15) is 11.6 Å². The molecule has 25 heavy (non-hydrogen) atoms. The van der Waals surface area contributed by atoms with E-state index in [0.717, 1.165) is 11.3 Å². The average Bonchev–Trinajstić information content (AvgIpc) is 2.54. The standard InChI is InChI=1S/C18H21ClFN3O.HI/c1-18(2,12-4-6-13(20)7-5-12)11-22-17(21)23-14-8-9-16(24-3)15(19)10-14;/h4-10H,11H2,1-3H3,(H3,21,22,23);1H. The third-order valence-corrected chi connectivity index (χ3v) is 3.99. The number of anilines is 1. The van der Waals surface area contributed by atoms with Crippen molar-refractivity contribution in [1.29, 1.82) is 0 Å². The van der Waals surface area contributed by atoms with Crippen LogP contribution < -0.4 is 15.8 Å². The highest BCUT2D eigenvalue weighted by Gasteiger charge is 2.20. The number of benzene rings is 2. The lowest BCUT2D eigenvalue weighted by Gasteiger charge is -2.23. The van der Waals surface area contributed by atoms with Crippen LogP contribution in [0.4, 0.5) is 10.1 Å². The highest BCUT2D eigenvalue weighted by atomic mass is 127. The van der Waals surface area contributed by atoms with Crippen molar-refractivity contribution in [2.45, 2.75) is 19.3 Å². The quantitative estimate of drug-likeness (QED) is 0.369. The maximum atomic E-state index is 13.0. The van der Waals surface area contributed by atoms with Crippen LogP contribution in [0.1, 0.15) is 19.4 Å². The predicted octanol–water partition coefficient (Wildman–Crippen LogP) is 4.81. The Morgan fingerprint density at radius 1 is 1.24 bits per heavy atom. The molecule has 0 atom stereocenters. The fraction of sp³-hybridized carbons (Fsp3) is 0.278. The molecule has 0 amide bonds.